The Labute approximate surface area is 117 Å². The first-order valence-electron chi connectivity index (χ1n) is 6.83. The van der Waals surface area contributed by atoms with Crippen LogP contribution >= 0.6 is 0 Å². The zero-order chi connectivity index (χ0) is 14.1. The highest BCUT2D eigenvalue weighted by Gasteiger charge is 2.65. The van der Waals surface area contributed by atoms with Crippen LogP contribution < -0.4 is 4.90 Å². The summed E-state index contributed by atoms with van der Waals surface area (Å²) in [5.41, 5.74) is 1.07. The lowest BCUT2D eigenvalue weighted by Crippen LogP contribution is -2.38. The van der Waals surface area contributed by atoms with Crippen LogP contribution in [0, 0.1) is 18.8 Å². The number of hydrogen-bond donors (Lipinski definition) is 0. The van der Waals surface area contributed by atoms with Crippen molar-refractivity contribution in [2.24, 2.45) is 11.8 Å². The Hall–Kier alpha value is -1.94. The molecule has 0 aromatic heterocycles. The molecule has 2 fully saturated rings. The fourth-order valence-corrected chi connectivity index (χ4v) is 3.67. The Balaban J connectivity index is 1.79. The van der Waals surface area contributed by atoms with Crippen molar-refractivity contribution in [3.05, 3.63) is 42.0 Å². The molecule has 0 saturated carbocycles. The van der Waals surface area contributed by atoms with E-state index in [-0.39, 0.29) is 29.8 Å². The molecule has 102 valence electrons. The number of carbonyl (C=O) groups excluding carboxylic acids is 2. The molecule has 0 spiro atoms. The Morgan fingerprint density at radius 1 is 1.25 bits per heavy atom. The van der Waals surface area contributed by atoms with Gasteiger partial charge in [0.2, 0.25) is 11.8 Å². The summed E-state index contributed by atoms with van der Waals surface area (Å²) in [6.45, 7) is 3.84. The molecule has 2 saturated heterocycles. The van der Waals surface area contributed by atoms with Crippen molar-refractivity contribution >= 4 is 17.5 Å². The molecular weight excluding hydrogens is 254 g/mol. The summed E-state index contributed by atoms with van der Waals surface area (Å²) in [4.78, 5) is 26.7. The van der Waals surface area contributed by atoms with E-state index in [2.05, 4.69) is 0 Å². The van der Waals surface area contributed by atoms with Crippen molar-refractivity contribution in [3.63, 3.8) is 0 Å². The van der Waals surface area contributed by atoms with Crippen LogP contribution in [0.1, 0.15) is 12.5 Å². The van der Waals surface area contributed by atoms with E-state index in [9.17, 15) is 9.59 Å². The van der Waals surface area contributed by atoms with Gasteiger partial charge in [0, 0.05) is 0 Å². The third-order valence-electron chi connectivity index (χ3n) is 4.59. The average Bonchev–Trinajstić information content (AvgIpc) is 2.99. The van der Waals surface area contributed by atoms with Crippen LogP contribution in [0.5, 0.6) is 0 Å². The number of anilines is 1. The summed E-state index contributed by atoms with van der Waals surface area (Å²) >= 11 is 0. The van der Waals surface area contributed by atoms with Gasteiger partial charge in [-0.05, 0) is 31.5 Å². The lowest BCUT2D eigenvalue weighted by molar-refractivity contribution is -0.126. The summed E-state index contributed by atoms with van der Waals surface area (Å²) in [6, 6.07) is 7.49. The Morgan fingerprint density at radius 2 is 2.05 bits per heavy atom. The minimum atomic E-state index is -0.624. The van der Waals surface area contributed by atoms with Crippen molar-refractivity contribution in [3.8, 4) is 0 Å². The molecule has 3 heterocycles. The van der Waals surface area contributed by atoms with Crippen LogP contribution in [0.2, 0.25) is 0 Å². The monoisotopic (exact) mass is 269 g/mol. The zero-order valence-electron chi connectivity index (χ0n) is 11.4. The van der Waals surface area contributed by atoms with Crippen LogP contribution in [0.4, 0.5) is 5.69 Å². The van der Waals surface area contributed by atoms with Crippen molar-refractivity contribution < 1.29 is 14.3 Å². The molecule has 20 heavy (non-hydrogen) atoms. The molecular formula is C16H15NO3. The number of imide groups is 1. The Bertz CT molecular complexity index is 665. The predicted molar refractivity (Wildman–Crippen MR) is 73.1 cm³/mol. The van der Waals surface area contributed by atoms with Crippen LogP contribution in [-0.2, 0) is 14.3 Å². The number of nitrogens with zero attached hydrogens (tertiary/aromatic N) is 1. The predicted octanol–water partition coefficient (Wildman–Crippen LogP) is 1.83. The van der Waals surface area contributed by atoms with Crippen molar-refractivity contribution in [1.29, 1.82) is 0 Å². The molecule has 2 bridgehead atoms. The smallest absolute Gasteiger partial charge is 0.241 e. The average molecular weight is 269 g/mol. The van der Waals surface area contributed by atoms with Crippen LogP contribution in [0.25, 0.3) is 0 Å². The largest absolute Gasteiger partial charge is 0.362 e. The maximum atomic E-state index is 12.7. The van der Waals surface area contributed by atoms with E-state index >= 15 is 0 Å². The third kappa shape index (κ3) is 1.29. The summed E-state index contributed by atoms with van der Waals surface area (Å²) in [5.74, 6) is -1.02. The first kappa shape index (κ1) is 11.9. The van der Waals surface area contributed by atoms with Gasteiger partial charge in [0.15, 0.2) is 0 Å². The molecule has 1 aromatic rings. The van der Waals surface area contributed by atoms with Gasteiger partial charge in [-0.3, -0.25) is 9.59 Å². The van der Waals surface area contributed by atoms with Gasteiger partial charge in [-0.25, -0.2) is 4.90 Å². The molecule has 4 unspecified atom stereocenters. The molecule has 0 aliphatic carbocycles. The number of ether oxygens (including phenoxy) is 1. The number of hydrogen-bond acceptors (Lipinski definition) is 3. The van der Waals surface area contributed by atoms with Crippen LogP contribution in [0.3, 0.4) is 0 Å². The summed E-state index contributed by atoms with van der Waals surface area (Å²) in [6.07, 6.45) is 3.58. The maximum absolute atomic E-state index is 12.7. The zero-order valence-corrected chi connectivity index (χ0v) is 11.4. The van der Waals surface area contributed by atoms with Gasteiger partial charge in [-0.1, -0.05) is 24.3 Å². The number of benzene rings is 1. The molecule has 4 rings (SSSR count). The molecule has 0 N–H and O–H groups in total. The molecule has 3 aliphatic heterocycles. The summed E-state index contributed by atoms with van der Waals surface area (Å²) in [5, 5.41) is 0. The van der Waals surface area contributed by atoms with Gasteiger partial charge in [0.05, 0.1) is 29.2 Å². The van der Waals surface area contributed by atoms with Crippen LogP contribution in [-0.4, -0.2) is 23.5 Å². The fraction of sp³-hybridized carbons (Fsp3) is 0.375. The van der Waals surface area contributed by atoms with Crippen molar-refractivity contribution in [2.75, 3.05) is 4.90 Å². The van der Waals surface area contributed by atoms with Gasteiger partial charge in [-0.2, -0.15) is 0 Å². The minimum Gasteiger partial charge on any atom is -0.362 e. The highest BCUT2D eigenvalue weighted by Crippen LogP contribution is 2.52. The second kappa shape index (κ2) is 3.58. The highest BCUT2D eigenvalue weighted by atomic mass is 16.5. The second-order valence-corrected chi connectivity index (χ2v) is 5.98. The first-order chi connectivity index (χ1) is 9.51. The fourth-order valence-electron chi connectivity index (χ4n) is 3.67. The molecule has 1 aromatic carbocycles. The molecule has 4 atom stereocenters. The van der Waals surface area contributed by atoms with Crippen LogP contribution in [0.15, 0.2) is 36.4 Å². The molecule has 0 radical (unpaired) electrons. The standard InChI is InChI=1S/C16H15NO3/c1-9-4-3-5-10(8-9)17-14(18)12-11-6-7-16(2,20-11)13(12)15(17)19/h3-8,11-13H,1-2H3. The summed E-state index contributed by atoms with van der Waals surface area (Å²) in [7, 11) is 0. The van der Waals surface area contributed by atoms with E-state index in [1.165, 1.54) is 4.90 Å². The molecule has 2 amide bonds. The molecule has 3 aliphatic rings. The maximum Gasteiger partial charge on any atom is 0.241 e. The van der Waals surface area contributed by atoms with E-state index in [0.717, 1.165) is 5.56 Å². The Kier molecular flexibility index (Phi) is 2.12. The normalized spacial score (nSPS) is 37.9. The summed E-state index contributed by atoms with van der Waals surface area (Å²) < 4.78 is 5.80. The molecule has 4 heteroatoms. The van der Waals surface area contributed by atoms with Gasteiger partial charge in [0.25, 0.3) is 0 Å². The van der Waals surface area contributed by atoms with E-state index < -0.39 is 5.60 Å². The van der Waals surface area contributed by atoms with E-state index in [1.807, 2.05) is 50.3 Å². The Morgan fingerprint density at radius 3 is 2.75 bits per heavy atom. The van der Waals surface area contributed by atoms with Gasteiger partial charge in [0.1, 0.15) is 0 Å². The minimum absolute atomic E-state index is 0.135. The SMILES string of the molecule is Cc1cccc(N2C(=O)C3C4C=CC(C)(O4)C3C2=O)c1. The number of amides is 2. The lowest BCUT2D eigenvalue weighted by Gasteiger charge is -2.24. The third-order valence-corrected chi connectivity index (χ3v) is 4.59. The van der Waals surface area contributed by atoms with Gasteiger partial charge < -0.3 is 4.74 Å². The number of carbonyl (C=O) groups is 2. The van der Waals surface area contributed by atoms with E-state index in [4.69, 9.17) is 4.74 Å². The number of aryl methyl sites for hydroxylation is 1. The molecule has 4 nitrogen and oxygen atoms in total. The van der Waals surface area contributed by atoms with E-state index in [1.54, 1.807) is 0 Å². The van der Waals surface area contributed by atoms with Crippen molar-refractivity contribution in [1.82, 2.24) is 0 Å². The first-order valence-corrected chi connectivity index (χ1v) is 6.83. The highest BCUT2D eigenvalue weighted by molar-refractivity contribution is 6.23. The van der Waals surface area contributed by atoms with E-state index in [0.29, 0.717) is 5.69 Å². The van der Waals surface area contributed by atoms with Gasteiger partial charge >= 0.3 is 0 Å². The van der Waals surface area contributed by atoms with Crippen molar-refractivity contribution in [2.45, 2.75) is 25.6 Å². The topological polar surface area (TPSA) is 46.6 Å². The number of fused-ring (bicyclic) bond motifs is 5. The quantitative estimate of drug-likeness (QED) is 0.577. The number of rotatable bonds is 1. The lowest BCUT2D eigenvalue weighted by atomic mass is 9.78. The van der Waals surface area contributed by atoms with Gasteiger partial charge in [-0.15, -0.1) is 0 Å². The second-order valence-electron chi connectivity index (χ2n) is 5.98.